The normalized spacial score (nSPS) is 25.2. The maximum atomic E-state index is 12.3. The van der Waals surface area contributed by atoms with Crippen LogP contribution < -0.4 is 10.6 Å². The fourth-order valence-corrected chi connectivity index (χ4v) is 4.31. The lowest BCUT2D eigenvalue weighted by atomic mass is 9.97. The number of hydrogen-bond acceptors (Lipinski definition) is 4. The van der Waals surface area contributed by atoms with Crippen molar-refractivity contribution in [2.75, 3.05) is 32.7 Å². The molecule has 1 aromatic rings. The minimum Gasteiger partial charge on any atom is -0.354 e. The fourth-order valence-electron chi connectivity index (χ4n) is 3.45. The van der Waals surface area contributed by atoms with E-state index in [-0.39, 0.29) is 11.8 Å². The Morgan fingerprint density at radius 1 is 1.45 bits per heavy atom. The number of carbonyl (C=O) groups is 1. The highest BCUT2D eigenvalue weighted by Crippen LogP contribution is 2.29. The van der Waals surface area contributed by atoms with E-state index in [1.165, 1.54) is 17.7 Å². The first-order valence-electron chi connectivity index (χ1n) is 8.50. The Labute approximate surface area is 137 Å². The first-order valence-corrected chi connectivity index (χ1v) is 9.38. The SMILES string of the molecule is CC1CCN(C(CNC(=O)C2CCNC2)c2cccs2)CC1. The quantitative estimate of drug-likeness (QED) is 0.874. The molecule has 0 aliphatic carbocycles. The van der Waals surface area contributed by atoms with Gasteiger partial charge in [-0.3, -0.25) is 9.69 Å². The minimum absolute atomic E-state index is 0.158. The molecule has 2 aliphatic heterocycles. The van der Waals surface area contributed by atoms with Gasteiger partial charge in [0.15, 0.2) is 0 Å². The number of carbonyl (C=O) groups excluding carboxylic acids is 1. The second-order valence-corrected chi connectivity index (χ2v) is 7.66. The predicted octanol–water partition coefficient (Wildman–Crippen LogP) is 2.25. The molecule has 0 saturated carbocycles. The molecule has 1 amide bonds. The summed E-state index contributed by atoms with van der Waals surface area (Å²) in [5.74, 6) is 1.21. The summed E-state index contributed by atoms with van der Waals surface area (Å²) in [6.07, 6.45) is 3.50. The first kappa shape index (κ1) is 16.0. The molecule has 2 atom stereocenters. The Hall–Kier alpha value is -0.910. The van der Waals surface area contributed by atoms with Gasteiger partial charge in [-0.2, -0.15) is 0 Å². The second kappa shape index (κ2) is 7.57. The molecule has 122 valence electrons. The maximum absolute atomic E-state index is 12.3. The summed E-state index contributed by atoms with van der Waals surface area (Å²) in [5.41, 5.74) is 0. The Morgan fingerprint density at radius 2 is 2.27 bits per heavy atom. The van der Waals surface area contributed by atoms with Gasteiger partial charge in [0.25, 0.3) is 0 Å². The van der Waals surface area contributed by atoms with E-state index in [1.807, 2.05) is 0 Å². The third-order valence-corrected chi connectivity index (χ3v) is 6.00. The van der Waals surface area contributed by atoms with Crippen molar-refractivity contribution in [2.24, 2.45) is 11.8 Å². The van der Waals surface area contributed by atoms with E-state index in [0.717, 1.165) is 45.1 Å². The molecule has 0 radical (unpaired) electrons. The van der Waals surface area contributed by atoms with Gasteiger partial charge in [0.05, 0.1) is 12.0 Å². The van der Waals surface area contributed by atoms with Crippen molar-refractivity contribution in [1.82, 2.24) is 15.5 Å². The van der Waals surface area contributed by atoms with Gasteiger partial charge >= 0.3 is 0 Å². The molecule has 3 rings (SSSR count). The van der Waals surface area contributed by atoms with Crippen LogP contribution in [0.2, 0.25) is 0 Å². The van der Waals surface area contributed by atoms with Crippen LogP contribution in [0.1, 0.15) is 37.1 Å². The van der Waals surface area contributed by atoms with Crippen LogP contribution in [-0.4, -0.2) is 43.5 Å². The van der Waals surface area contributed by atoms with E-state index >= 15 is 0 Å². The zero-order chi connectivity index (χ0) is 15.4. The summed E-state index contributed by atoms with van der Waals surface area (Å²) >= 11 is 1.80. The third kappa shape index (κ3) is 3.89. The van der Waals surface area contributed by atoms with Crippen LogP contribution in [0.15, 0.2) is 17.5 Å². The molecular formula is C17H27N3OS. The highest BCUT2D eigenvalue weighted by atomic mass is 32.1. The van der Waals surface area contributed by atoms with Gasteiger partial charge in [-0.15, -0.1) is 11.3 Å². The van der Waals surface area contributed by atoms with Crippen molar-refractivity contribution < 1.29 is 4.79 Å². The predicted molar refractivity (Wildman–Crippen MR) is 91.0 cm³/mol. The van der Waals surface area contributed by atoms with Gasteiger partial charge in [-0.1, -0.05) is 13.0 Å². The molecule has 1 aromatic heterocycles. The zero-order valence-corrected chi connectivity index (χ0v) is 14.2. The molecule has 2 saturated heterocycles. The third-order valence-electron chi connectivity index (χ3n) is 5.03. The number of hydrogen-bond donors (Lipinski definition) is 2. The molecule has 22 heavy (non-hydrogen) atoms. The van der Waals surface area contributed by atoms with Gasteiger partial charge in [-0.25, -0.2) is 0 Å². The average molecular weight is 321 g/mol. The average Bonchev–Trinajstić information content (AvgIpc) is 3.22. The lowest BCUT2D eigenvalue weighted by Gasteiger charge is -2.36. The fraction of sp³-hybridized carbons (Fsp3) is 0.706. The van der Waals surface area contributed by atoms with Gasteiger partial charge in [0.1, 0.15) is 0 Å². The summed E-state index contributed by atoms with van der Waals surface area (Å²) in [7, 11) is 0. The van der Waals surface area contributed by atoms with Crippen molar-refractivity contribution in [3.8, 4) is 0 Å². The van der Waals surface area contributed by atoms with Crippen LogP contribution in [-0.2, 0) is 4.79 Å². The smallest absolute Gasteiger partial charge is 0.224 e. The van der Waals surface area contributed by atoms with Crippen LogP contribution in [0.25, 0.3) is 0 Å². The number of nitrogens with one attached hydrogen (secondary N) is 2. The molecule has 2 fully saturated rings. The van der Waals surface area contributed by atoms with Gasteiger partial charge in [0, 0.05) is 18.0 Å². The van der Waals surface area contributed by atoms with Crippen LogP contribution in [0.5, 0.6) is 0 Å². The summed E-state index contributed by atoms with van der Waals surface area (Å²) in [6.45, 7) is 7.17. The Balaban J connectivity index is 1.60. The first-order chi connectivity index (χ1) is 10.7. The number of likely N-dealkylation sites (tertiary alicyclic amines) is 1. The summed E-state index contributed by atoms with van der Waals surface area (Å²) in [5, 5.41) is 8.61. The second-order valence-electron chi connectivity index (χ2n) is 6.68. The minimum atomic E-state index is 0.158. The molecule has 5 heteroatoms. The van der Waals surface area contributed by atoms with E-state index in [4.69, 9.17) is 0 Å². The maximum Gasteiger partial charge on any atom is 0.224 e. The van der Waals surface area contributed by atoms with Crippen molar-refractivity contribution in [1.29, 1.82) is 0 Å². The van der Waals surface area contributed by atoms with Crippen molar-refractivity contribution in [3.63, 3.8) is 0 Å². The van der Waals surface area contributed by atoms with E-state index in [1.54, 1.807) is 11.3 Å². The Morgan fingerprint density at radius 3 is 2.91 bits per heavy atom. The Bertz CT molecular complexity index is 462. The van der Waals surface area contributed by atoms with Crippen LogP contribution in [0.4, 0.5) is 0 Å². The molecule has 2 unspecified atom stereocenters. The van der Waals surface area contributed by atoms with E-state index in [9.17, 15) is 4.79 Å². The largest absolute Gasteiger partial charge is 0.354 e. The molecule has 2 aliphatic rings. The number of rotatable bonds is 5. The van der Waals surface area contributed by atoms with Crippen LogP contribution in [0.3, 0.4) is 0 Å². The molecule has 0 bridgehead atoms. The summed E-state index contributed by atoms with van der Waals surface area (Å²) in [4.78, 5) is 16.2. The Kier molecular flexibility index (Phi) is 5.50. The van der Waals surface area contributed by atoms with Crippen LogP contribution in [0, 0.1) is 11.8 Å². The van der Waals surface area contributed by atoms with Gasteiger partial charge in [0.2, 0.25) is 5.91 Å². The van der Waals surface area contributed by atoms with Gasteiger partial charge in [-0.05, 0) is 56.3 Å². The molecule has 3 heterocycles. The zero-order valence-electron chi connectivity index (χ0n) is 13.4. The topological polar surface area (TPSA) is 44.4 Å². The number of thiophene rings is 1. The molecule has 2 N–H and O–H groups in total. The van der Waals surface area contributed by atoms with Crippen molar-refractivity contribution in [2.45, 2.75) is 32.2 Å². The van der Waals surface area contributed by atoms with Crippen molar-refractivity contribution in [3.05, 3.63) is 22.4 Å². The summed E-state index contributed by atoms with van der Waals surface area (Å²) < 4.78 is 0. The van der Waals surface area contributed by atoms with E-state index in [0.29, 0.717) is 6.04 Å². The standard InChI is InChI=1S/C17H27N3OS/c1-13-5-8-20(9-6-13)15(16-3-2-10-22-16)12-19-17(21)14-4-7-18-11-14/h2-3,10,13-15,18H,4-9,11-12H2,1H3,(H,19,21). The lowest BCUT2D eigenvalue weighted by molar-refractivity contribution is -0.124. The summed E-state index contributed by atoms with van der Waals surface area (Å²) in [6, 6.07) is 4.66. The highest BCUT2D eigenvalue weighted by molar-refractivity contribution is 7.10. The highest BCUT2D eigenvalue weighted by Gasteiger charge is 2.27. The van der Waals surface area contributed by atoms with Crippen LogP contribution >= 0.6 is 11.3 Å². The molecule has 0 spiro atoms. The van der Waals surface area contributed by atoms with Crippen molar-refractivity contribution >= 4 is 17.2 Å². The molecule has 0 aromatic carbocycles. The molecule has 4 nitrogen and oxygen atoms in total. The lowest BCUT2D eigenvalue weighted by Crippen LogP contribution is -2.43. The number of nitrogens with zero attached hydrogens (tertiary/aromatic N) is 1. The van der Waals surface area contributed by atoms with E-state index < -0.39 is 0 Å². The number of piperidine rings is 1. The number of amides is 1. The molecular weight excluding hydrogens is 294 g/mol. The van der Waals surface area contributed by atoms with Gasteiger partial charge < -0.3 is 10.6 Å². The van der Waals surface area contributed by atoms with E-state index in [2.05, 4.69) is 40.0 Å². The monoisotopic (exact) mass is 321 g/mol.